The number of hydrogen-bond donors (Lipinski definition) is 1. The van der Waals surface area contributed by atoms with Gasteiger partial charge < -0.3 is 5.32 Å². The molecule has 1 aromatic carbocycles. The first-order valence-electron chi connectivity index (χ1n) is 7.99. The summed E-state index contributed by atoms with van der Waals surface area (Å²) in [5.74, 6) is 0. The molecule has 2 heterocycles. The minimum absolute atomic E-state index is 0.205. The highest BCUT2D eigenvalue weighted by Gasteiger charge is 2.27. The van der Waals surface area contributed by atoms with Gasteiger partial charge in [0.05, 0.1) is 17.2 Å². The van der Waals surface area contributed by atoms with E-state index < -0.39 is 6.43 Å². The van der Waals surface area contributed by atoms with Crippen LogP contribution in [0.5, 0.6) is 0 Å². The summed E-state index contributed by atoms with van der Waals surface area (Å²) in [6.07, 6.45) is -1.45. The van der Waals surface area contributed by atoms with Crippen molar-refractivity contribution in [2.75, 3.05) is 13.1 Å². The zero-order chi connectivity index (χ0) is 16.6. The maximum atomic E-state index is 12.8. The van der Waals surface area contributed by atoms with E-state index in [0.717, 1.165) is 24.8 Å². The van der Waals surface area contributed by atoms with Crippen molar-refractivity contribution in [1.82, 2.24) is 20.2 Å². The average Bonchev–Trinajstić information content (AvgIpc) is 2.55. The van der Waals surface area contributed by atoms with Crippen molar-refractivity contribution in [2.45, 2.75) is 45.3 Å². The van der Waals surface area contributed by atoms with Gasteiger partial charge in [-0.25, -0.2) is 13.8 Å². The third-order valence-electron chi connectivity index (χ3n) is 4.60. The molecule has 1 aliphatic heterocycles. The fraction of sp³-hybridized carbons (Fsp3) is 0.529. The minimum atomic E-state index is -2.60. The Hall–Kier alpha value is -1.66. The molecule has 0 amide bonds. The second-order valence-electron chi connectivity index (χ2n) is 6.37. The lowest BCUT2D eigenvalue weighted by Crippen LogP contribution is -2.54. The number of alkyl halides is 2. The molecule has 1 unspecified atom stereocenters. The van der Waals surface area contributed by atoms with Gasteiger partial charge in [-0.1, -0.05) is 6.07 Å². The smallest absolute Gasteiger partial charge is 0.281 e. The number of fused-ring (bicyclic) bond motifs is 1. The summed E-state index contributed by atoms with van der Waals surface area (Å²) >= 11 is 0. The predicted octanol–water partition coefficient (Wildman–Crippen LogP) is 3.31. The summed E-state index contributed by atoms with van der Waals surface area (Å²) in [5, 5.41) is 3.47. The van der Waals surface area contributed by atoms with E-state index in [1.165, 1.54) is 0 Å². The zero-order valence-electron chi connectivity index (χ0n) is 13.6. The van der Waals surface area contributed by atoms with Gasteiger partial charge in [-0.2, -0.15) is 0 Å². The molecule has 3 rings (SSSR count). The standard InChI is InChI=1S/C17H22F2N4/c1-10-9-23(11(2)7-20-10)12(3)13-4-5-14-15(6-13)22-16(8-21-14)17(18)19/h4-6,8,10-12,17,20H,7,9H2,1-3H3/t10-,11+,12?/m0/s1. The first kappa shape index (κ1) is 16.2. The molecule has 1 saturated heterocycles. The van der Waals surface area contributed by atoms with E-state index in [2.05, 4.69) is 41.0 Å². The van der Waals surface area contributed by atoms with Gasteiger partial charge in [0.25, 0.3) is 6.43 Å². The fourth-order valence-corrected chi connectivity index (χ4v) is 3.19. The van der Waals surface area contributed by atoms with Gasteiger partial charge in [-0.15, -0.1) is 0 Å². The van der Waals surface area contributed by atoms with Crippen molar-refractivity contribution in [3.8, 4) is 0 Å². The van der Waals surface area contributed by atoms with Crippen LogP contribution in [-0.4, -0.2) is 40.0 Å². The van der Waals surface area contributed by atoms with Crippen LogP contribution in [0.25, 0.3) is 11.0 Å². The monoisotopic (exact) mass is 320 g/mol. The maximum Gasteiger partial charge on any atom is 0.281 e. The van der Waals surface area contributed by atoms with Crippen molar-refractivity contribution in [3.63, 3.8) is 0 Å². The first-order valence-corrected chi connectivity index (χ1v) is 7.99. The topological polar surface area (TPSA) is 41.1 Å². The highest BCUT2D eigenvalue weighted by Crippen LogP contribution is 2.27. The molecular formula is C17H22F2N4. The SMILES string of the molecule is CC(c1ccc2ncc(C(F)F)nc2c1)N1C[C@H](C)NC[C@H]1C. The fourth-order valence-electron chi connectivity index (χ4n) is 3.19. The quantitative estimate of drug-likeness (QED) is 0.942. The molecule has 0 bridgehead atoms. The Labute approximate surface area is 134 Å². The highest BCUT2D eigenvalue weighted by atomic mass is 19.3. The molecule has 6 heteroatoms. The lowest BCUT2D eigenvalue weighted by Gasteiger charge is -2.41. The van der Waals surface area contributed by atoms with Crippen LogP contribution in [0.4, 0.5) is 8.78 Å². The van der Waals surface area contributed by atoms with Crippen LogP contribution in [0.15, 0.2) is 24.4 Å². The summed E-state index contributed by atoms with van der Waals surface area (Å²) in [4.78, 5) is 10.6. The Kier molecular flexibility index (Phi) is 4.55. The summed E-state index contributed by atoms with van der Waals surface area (Å²) in [7, 11) is 0. The minimum Gasteiger partial charge on any atom is -0.311 e. The second-order valence-corrected chi connectivity index (χ2v) is 6.37. The summed E-state index contributed by atoms with van der Waals surface area (Å²) in [5.41, 5.74) is 1.99. The van der Waals surface area contributed by atoms with E-state index in [9.17, 15) is 8.78 Å². The second kappa shape index (κ2) is 6.45. The number of nitrogens with one attached hydrogen (secondary N) is 1. The van der Waals surface area contributed by atoms with Crippen LogP contribution in [0.3, 0.4) is 0 Å². The van der Waals surface area contributed by atoms with E-state index >= 15 is 0 Å². The van der Waals surface area contributed by atoms with E-state index in [1.807, 2.05) is 18.2 Å². The summed E-state index contributed by atoms with van der Waals surface area (Å²) in [6, 6.07) is 6.84. The van der Waals surface area contributed by atoms with Crippen molar-refractivity contribution in [3.05, 3.63) is 35.7 Å². The molecular weight excluding hydrogens is 298 g/mol. The zero-order valence-corrected chi connectivity index (χ0v) is 13.6. The van der Waals surface area contributed by atoms with Crippen LogP contribution < -0.4 is 5.32 Å². The van der Waals surface area contributed by atoms with Gasteiger partial charge in [-0.05, 0) is 38.5 Å². The van der Waals surface area contributed by atoms with E-state index in [1.54, 1.807) is 0 Å². The Bertz CT molecular complexity index is 691. The van der Waals surface area contributed by atoms with Crippen LogP contribution in [-0.2, 0) is 0 Å². The number of hydrogen-bond acceptors (Lipinski definition) is 4. The van der Waals surface area contributed by atoms with Crippen LogP contribution in [0, 0.1) is 0 Å². The molecule has 124 valence electrons. The number of piperazine rings is 1. The van der Waals surface area contributed by atoms with Gasteiger partial charge in [-0.3, -0.25) is 9.88 Å². The molecule has 2 aromatic rings. The highest BCUT2D eigenvalue weighted by molar-refractivity contribution is 5.75. The van der Waals surface area contributed by atoms with Crippen LogP contribution in [0.2, 0.25) is 0 Å². The van der Waals surface area contributed by atoms with Gasteiger partial charge >= 0.3 is 0 Å². The van der Waals surface area contributed by atoms with Crippen molar-refractivity contribution in [2.24, 2.45) is 0 Å². The average molecular weight is 320 g/mol. The normalized spacial score (nSPS) is 24.3. The van der Waals surface area contributed by atoms with Gasteiger partial charge in [0.1, 0.15) is 5.69 Å². The Morgan fingerprint density at radius 1 is 1.26 bits per heavy atom. The van der Waals surface area contributed by atoms with Gasteiger partial charge in [0, 0.05) is 31.2 Å². The molecule has 23 heavy (non-hydrogen) atoms. The van der Waals surface area contributed by atoms with Crippen molar-refractivity contribution < 1.29 is 8.78 Å². The molecule has 0 aliphatic carbocycles. The van der Waals surface area contributed by atoms with Gasteiger partial charge in [0.15, 0.2) is 0 Å². The van der Waals surface area contributed by atoms with E-state index in [-0.39, 0.29) is 11.7 Å². The summed E-state index contributed by atoms with van der Waals surface area (Å²) in [6.45, 7) is 8.44. The molecule has 0 radical (unpaired) electrons. The number of nitrogens with zero attached hydrogens (tertiary/aromatic N) is 3. The number of benzene rings is 1. The lowest BCUT2D eigenvalue weighted by atomic mass is 10.0. The number of rotatable bonds is 3. The Morgan fingerprint density at radius 3 is 2.78 bits per heavy atom. The molecule has 1 aromatic heterocycles. The largest absolute Gasteiger partial charge is 0.311 e. The van der Waals surface area contributed by atoms with Gasteiger partial charge in [0.2, 0.25) is 0 Å². The Morgan fingerprint density at radius 2 is 2.04 bits per heavy atom. The Balaban J connectivity index is 1.92. The van der Waals surface area contributed by atoms with Crippen LogP contribution in [0.1, 0.15) is 44.5 Å². The molecule has 1 aliphatic rings. The molecule has 3 atom stereocenters. The third kappa shape index (κ3) is 3.33. The van der Waals surface area contributed by atoms with E-state index in [4.69, 9.17) is 0 Å². The molecule has 0 saturated carbocycles. The predicted molar refractivity (Wildman–Crippen MR) is 86.5 cm³/mol. The number of halogens is 2. The van der Waals surface area contributed by atoms with Crippen LogP contribution >= 0.6 is 0 Å². The molecule has 4 nitrogen and oxygen atoms in total. The molecule has 1 fully saturated rings. The lowest BCUT2D eigenvalue weighted by molar-refractivity contribution is 0.103. The summed E-state index contributed by atoms with van der Waals surface area (Å²) < 4.78 is 25.6. The molecule has 0 spiro atoms. The van der Waals surface area contributed by atoms with Crippen molar-refractivity contribution >= 4 is 11.0 Å². The first-order chi connectivity index (χ1) is 11.0. The van der Waals surface area contributed by atoms with E-state index in [0.29, 0.717) is 23.1 Å². The third-order valence-corrected chi connectivity index (χ3v) is 4.60. The maximum absolute atomic E-state index is 12.8. The van der Waals surface area contributed by atoms with Crippen molar-refractivity contribution in [1.29, 1.82) is 0 Å². The number of aromatic nitrogens is 2. The molecule has 1 N–H and O–H groups in total.